The van der Waals surface area contributed by atoms with Gasteiger partial charge in [-0.2, -0.15) is 0 Å². The monoisotopic (exact) mass is 346 g/mol. The number of carboxylic acid groups (broad SMARTS) is 1. The summed E-state index contributed by atoms with van der Waals surface area (Å²) in [5.74, 6) is -1.84. The van der Waals surface area contributed by atoms with Crippen LogP contribution in [0.3, 0.4) is 0 Å². The van der Waals surface area contributed by atoms with Crippen LogP contribution in [-0.4, -0.2) is 46.9 Å². The second-order valence-corrected chi connectivity index (χ2v) is 4.92. The number of nitrogens with one attached hydrogen (secondary N) is 1. The molecule has 110 valence electrons. The number of amides is 2. The van der Waals surface area contributed by atoms with Crippen LogP contribution in [0.5, 0.6) is 0 Å². The first-order chi connectivity index (χ1) is 9.32. The zero-order valence-corrected chi connectivity index (χ0v) is 12.6. The highest BCUT2D eigenvalue weighted by molar-refractivity contribution is 9.10. The summed E-state index contributed by atoms with van der Waals surface area (Å²) in [5.41, 5.74) is 0.243. The zero-order valence-electron chi connectivity index (χ0n) is 11.1. The Hall–Kier alpha value is -1.83. The number of carbonyl (C=O) groups excluding carboxylic acids is 2. The van der Waals surface area contributed by atoms with E-state index in [1.807, 2.05) is 0 Å². The molecule has 0 radical (unpaired) electrons. The summed E-state index contributed by atoms with van der Waals surface area (Å²) >= 11 is 3.08. The fourth-order valence-electron chi connectivity index (χ4n) is 1.54. The van der Waals surface area contributed by atoms with E-state index in [1.54, 1.807) is 0 Å². The smallest absolute Gasteiger partial charge is 0.326 e. The summed E-state index contributed by atoms with van der Waals surface area (Å²) in [4.78, 5) is 35.3. The fraction of sp³-hybridized carbons (Fsp3) is 0.417. The Morgan fingerprint density at radius 1 is 1.50 bits per heavy atom. The van der Waals surface area contributed by atoms with Crippen LogP contribution >= 0.6 is 15.9 Å². The Morgan fingerprint density at radius 3 is 2.60 bits per heavy atom. The van der Waals surface area contributed by atoms with E-state index in [9.17, 15) is 14.4 Å². The number of aliphatic carboxylic acids is 1. The van der Waals surface area contributed by atoms with E-state index in [0.29, 0.717) is 4.67 Å². The minimum atomic E-state index is -1.12. The molecule has 0 aliphatic rings. The van der Waals surface area contributed by atoms with Crippen LogP contribution in [0.15, 0.2) is 21.4 Å². The molecule has 0 aliphatic heterocycles. The number of nitrogens with zero attached hydrogens (tertiary/aromatic N) is 1. The predicted octanol–water partition coefficient (Wildman–Crippen LogP) is 1.09. The quantitative estimate of drug-likeness (QED) is 0.803. The molecule has 0 saturated carbocycles. The van der Waals surface area contributed by atoms with E-state index in [2.05, 4.69) is 21.2 Å². The third-order valence-corrected chi connectivity index (χ3v) is 3.04. The molecule has 0 aromatic carbocycles. The molecule has 20 heavy (non-hydrogen) atoms. The van der Waals surface area contributed by atoms with E-state index in [-0.39, 0.29) is 24.6 Å². The normalized spacial score (nSPS) is 11.8. The van der Waals surface area contributed by atoms with Crippen LogP contribution in [0.1, 0.15) is 24.2 Å². The molecule has 0 aliphatic carbocycles. The molecule has 7 nitrogen and oxygen atoms in total. The van der Waals surface area contributed by atoms with Gasteiger partial charge in [-0.15, -0.1) is 0 Å². The van der Waals surface area contributed by atoms with Crippen molar-refractivity contribution in [2.75, 3.05) is 13.1 Å². The average molecular weight is 347 g/mol. The lowest BCUT2D eigenvalue weighted by Crippen LogP contribution is -2.46. The molecule has 2 amide bonds. The topological polar surface area (TPSA) is 99.9 Å². The summed E-state index contributed by atoms with van der Waals surface area (Å²) in [7, 11) is 0. The molecule has 1 heterocycles. The Bertz CT molecular complexity index is 514. The third-order valence-electron chi connectivity index (χ3n) is 2.63. The zero-order chi connectivity index (χ0) is 15.3. The number of rotatable bonds is 6. The van der Waals surface area contributed by atoms with Crippen molar-refractivity contribution >= 4 is 33.7 Å². The molecule has 1 aromatic heterocycles. The molecule has 1 aromatic rings. The maximum atomic E-state index is 12.2. The Morgan fingerprint density at radius 2 is 2.15 bits per heavy atom. The van der Waals surface area contributed by atoms with Gasteiger partial charge in [-0.05, 0) is 22.9 Å². The first-order valence-electron chi connectivity index (χ1n) is 5.85. The summed E-state index contributed by atoms with van der Waals surface area (Å²) in [6.45, 7) is 3.02. The Labute approximate surface area is 124 Å². The number of carboxylic acids is 1. The summed E-state index contributed by atoms with van der Waals surface area (Å²) < 4.78 is 5.35. The van der Waals surface area contributed by atoms with Gasteiger partial charge in [0.25, 0.3) is 5.91 Å². The number of furan rings is 1. The highest BCUT2D eigenvalue weighted by atomic mass is 79.9. The number of carbonyl (C=O) groups is 3. The minimum Gasteiger partial charge on any atom is -0.480 e. The van der Waals surface area contributed by atoms with Gasteiger partial charge in [-0.1, -0.05) is 0 Å². The van der Waals surface area contributed by atoms with Gasteiger partial charge in [0.05, 0.1) is 5.56 Å². The van der Waals surface area contributed by atoms with Crippen molar-refractivity contribution in [2.45, 2.75) is 19.9 Å². The van der Waals surface area contributed by atoms with Crippen molar-refractivity contribution in [1.82, 2.24) is 10.2 Å². The molecule has 1 unspecified atom stereocenters. The highest BCUT2D eigenvalue weighted by Gasteiger charge is 2.27. The molecule has 0 saturated heterocycles. The van der Waals surface area contributed by atoms with Gasteiger partial charge >= 0.3 is 5.97 Å². The molecule has 1 atom stereocenters. The van der Waals surface area contributed by atoms with Gasteiger partial charge in [0.2, 0.25) is 5.91 Å². The van der Waals surface area contributed by atoms with E-state index in [1.165, 1.54) is 26.2 Å². The second kappa shape index (κ2) is 7.09. The lowest BCUT2D eigenvalue weighted by Gasteiger charge is -2.26. The summed E-state index contributed by atoms with van der Waals surface area (Å²) in [5, 5.41) is 11.6. The van der Waals surface area contributed by atoms with Gasteiger partial charge in [-0.3, -0.25) is 9.59 Å². The van der Waals surface area contributed by atoms with Crippen molar-refractivity contribution in [3.05, 3.63) is 22.6 Å². The molecule has 0 fully saturated rings. The largest absolute Gasteiger partial charge is 0.480 e. The lowest BCUT2D eigenvalue weighted by atomic mass is 10.2. The van der Waals surface area contributed by atoms with Gasteiger partial charge in [-0.25, -0.2) is 4.79 Å². The van der Waals surface area contributed by atoms with Crippen LogP contribution in [0, 0.1) is 0 Å². The summed E-state index contributed by atoms with van der Waals surface area (Å²) in [6, 6.07) is 0.451. The number of halogens is 1. The first kappa shape index (κ1) is 16.2. The van der Waals surface area contributed by atoms with Crippen molar-refractivity contribution in [3.8, 4) is 0 Å². The molecule has 2 N–H and O–H groups in total. The Balaban J connectivity index is 2.83. The van der Waals surface area contributed by atoms with Gasteiger partial charge < -0.3 is 19.7 Å². The van der Waals surface area contributed by atoms with Gasteiger partial charge in [0.15, 0.2) is 4.67 Å². The molecule has 8 heteroatoms. The maximum absolute atomic E-state index is 12.2. The maximum Gasteiger partial charge on any atom is 0.326 e. The van der Waals surface area contributed by atoms with Crippen LogP contribution < -0.4 is 5.32 Å². The van der Waals surface area contributed by atoms with Crippen molar-refractivity contribution in [3.63, 3.8) is 0 Å². The molecular weight excluding hydrogens is 332 g/mol. The number of hydrogen-bond acceptors (Lipinski definition) is 4. The van der Waals surface area contributed by atoms with Crippen molar-refractivity contribution in [1.29, 1.82) is 0 Å². The lowest BCUT2D eigenvalue weighted by molar-refractivity contribution is -0.141. The van der Waals surface area contributed by atoms with Crippen LogP contribution in [0.25, 0.3) is 0 Å². The Kier molecular flexibility index (Phi) is 5.75. The third kappa shape index (κ3) is 4.37. The highest BCUT2D eigenvalue weighted by Crippen LogP contribution is 2.17. The van der Waals surface area contributed by atoms with E-state index in [0.717, 1.165) is 4.90 Å². The standard InChI is InChI=1S/C12H15BrN2O5/c1-7(12(18)19)15(4-3-14-8(2)16)11(17)9-5-10(13)20-6-9/h5-7H,3-4H2,1-2H3,(H,14,16)(H,18,19). The van der Waals surface area contributed by atoms with Crippen LogP contribution in [-0.2, 0) is 9.59 Å². The fourth-order valence-corrected chi connectivity index (χ4v) is 1.88. The van der Waals surface area contributed by atoms with Crippen molar-refractivity contribution < 1.29 is 23.9 Å². The predicted molar refractivity (Wildman–Crippen MR) is 73.2 cm³/mol. The van der Waals surface area contributed by atoms with E-state index < -0.39 is 17.9 Å². The number of hydrogen-bond donors (Lipinski definition) is 2. The van der Waals surface area contributed by atoms with E-state index >= 15 is 0 Å². The minimum absolute atomic E-state index is 0.0919. The van der Waals surface area contributed by atoms with Gasteiger partial charge in [0.1, 0.15) is 12.3 Å². The van der Waals surface area contributed by atoms with Crippen LogP contribution in [0.4, 0.5) is 0 Å². The average Bonchev–Trinajstić information content (AvgIpc) is 2.79. The molecule has 0 spiro atoms. The van der Waals surface area contributed by atoms with Crippen molar-refractivity contribution in [2.24, 2.45) is 0 Å². The molecular formula is C12H15BrN2O5. The second-order valence-electron chi connectivity index (χ2n) is 4.14. The first-order valence-corrected chi connectivity index (χ1v) is 6.64. The SMILES string of the molecule is CC(=O)NCCN(C(=O)c1coc(Br)c1)C(C)C(=O)O. The van der Waals surface area contributed by atoms with Gasteiger partial charge in [0, 0.05) is 26.1 Å². The molecule has 0 bridgehead atoms. The van der Waals surface area contributed by atoms with Crippen LogP contribution in [0.2, 0.25) is 0 Å². The summed E-state index contributed by atoms with van der Waals surface area (Å²) in [6.07, 6.45) is 1.24. The molecule has 1 rings (SSSR count). The van der Waals surface area contributed by atoms with E-state index in [4.69, 9.17) is 9.52 Å².